The Kier molecular flexibility index (Phi) is 4.40. The van der Waals surface area contributed by atoms with E-state index in [-0.39, 0.29) is 11.4 Å². The molecule has 0 atom stereocenters. The second-order valence-corrected chi connectivity index (χ2v) is 6.87. The Morgan fingerprint density at radius 2 is 1.86 bits per heavy atom. The molecule has 2 rings (SSSR count). The quantitative estimate of drug-likeness (QED) is 0.876. The molecule has 2 N–H and O–H groups in total. The molecule has 8 heteroatoms. The number of aromatic nitrogens is 3. The summed E-state index contributed by atoms with van der Waals surface area (Å²) in [6, 6.07) is 6.66. The highest BCUT2D eigenvalue weighted by Gasteiger charge is 2.18. The lowest BCUT2D eigenvalue weighted by Gasteiger charge is -2.12. The summed E-state index contributed by atoms with van der Waals surface area (Å²) in [6.07, 6.45) is 0. The number of nitrogens with zero attached hydrogens (tertiary/aromatic N) is 4. The van der Waals surface area contributed by atoms with Crippen LogP contribution >= 0.6 is 0 Å². The Bertz CT molecular complexity index is 698. The van der Waals surface area contributed by atoms with Gasteiger partial charge in [-0.05, 0) is 19.1 Å². The van der Waals surface area contributed by atoms with Gasteiger partial charge in [-0.2, -0.15) is 0 Å². The Labute approximate surface area is 124 Å². The lowest BCUT2D eigenvalue weighted by molar-refractivity contribution is 0.521. The molecule has 0 saturated heterocycles. The standard InChI is InChI=1S/C13H19N5O2S/c1-4-18-13(12(9-14)15-16-18)10-5-7-11(8-6-10)21(19,20)17(2)3/h5-8H,4,9,14H2,1-3H3. The Morgan fingerprint density at radius 3 is 2.33 bits per heavy atom. The lowest BCUT2D eigenvalue weighted by atomic mass is 10.1. The molecule has 0 spiro atoms. The summed E-state index contributed by atoms with van der Waals surface area (Å²) in [5.41, 5.74) is 8.05. The van der Waals surface area contributed by atoms with Crippen LogP contribution in [0.2, 0.25) is 0 Å². The molecule has 0 unspecified atom stereocenters. The average Bonchev–Trinajstić information content (AvgIpc) is 2.90. The first kappa shape index (κ1) is 15.6. The Morgan fingerprint density at radius 1 is 1.24 bits per heavy atom. The van der Waals surface area contributed by atoms with E-state index in [1.54, 1.807) is 28.9 Å². The minimum atomic E-state index is -3.42. The van der Waals surface area contributed by atoms with E-state index in [9.17, 15) is 8.42 Å². The second-order valence-electron chi connectivity index (χ2n) is 4.72. The number of sulfonamides is 1. The minimum absolute atomic E-state index is 0.251. The first-order valence-corrected chi connectivity index (χ1v) is 8.01. The molecule has 0 aliphatic rings. The molecule has 7 nitrogen and oxygen atoms in total. The first-order valence-electron chi connectivity index (χ1n) is 6.57. The van der Waals surface area contributed by atoms with Crippen LogP contribution in [0.4, 0.5) is 0 Å². The molecule has 0 radical (unpaired) electrons. The molecule has 1 aromatic heterocycles. The number of rotatable bonds is 5. The molecular weight excluding hydrogens is 290 g/mol. The summed E-state index contributed by atoms with van der Waals surface area (Å²) in [5, 5.41) is 8.08. The second kappa shape index (κ2) is 5.92. The maximum atomic E-state index is 12.1. The van der Waals surface area contributed by atoms with Crippen molar-refractivity contribution in [3.05, 3.63) is 30.0 Å². The molecule has 0 aliphatic carbocycles. The van der Waals surface area contributed by atoms with Crippen LogP contribution in [-0.2, 0) is 23.1 Å². The van der Waals surface area contributed by atoms with Gasteiger partial charge in [0.2, 0.25) is 10.0 Å². The van der Waals surface area contributed by atoms with E-state index >= 15 is 0 Å². The summed E-state index contributed by atoms with van der Waals surface area (Å²) >= 11 is 0. The molecule has 0 fully saturated rings. The van der Waals surface area contributed by atoms with Gasteiger partial charge in [-0.25, -0.2) is 17.4 Å². The van der Waals surface area contributed by atoms with Crippen molar-refractivity contribution >= 4 is 10.0 Å². The van der Waals surface area contributed by atoms with Crippen molar-refractivity contribution in [2.45, 2.75) is 24.9 Å². The van der Waals surface area contributed by atoms with Crippen LogP contribution in [0.25, 0.3) is 11.3 Å². The number of benzene rings is 1. The maximum Gasteiger partial charge on any atom is 0.242 e. The van der Waals surface area contributed by atoms with Crippen molar-refractivity contribution in [2.24, 2.45) is 5.73 Å². The van der Waals surface area contributed by atoms with Crippen LogP contribution in [0.3, 0.4) is 0 Å². The normalized spacial score (nSPS) is 12.0. The van der Waals surface area contributed by atoms with Crippen LogP contribution in [-0.4, -0.2) is 41.8 Å². The molecule has 114 valence electrons. The third-order valence-corrected chi connectivity index (χ3v) is 5.03. The number of aryl methyl sites for hydroxylation is 1. The molecule has 1 heterocycles. The van der Waals surface area contributed by atoms with Crippen molar-refractivity contribution in [3.8, 4) is 11.3 Å². The smallest absolute Gasteiger partial charge is 0.242 e. The van der Waals surface area contributed by atoms with Gasteiger partial charge in [-0.3, -0.25) is 0 Å². The van der Waals surface area contributed by atoms with Crippen LogP contribution in [0.5, 0.6) is 0 Å². The van der Waals surface area contributed by atoms with Gasteiger partial charge in [0.05, 0.1) is 10.6 Å². The van der Waals surface area contributed by atoms with Crippen molar-refractivity contribution in [3.63, 3.8) is 0 Å². The van der Waals surface area contributed by atoms with Gasteiger partial charge in [-0.15, -0.1) is 5.10 Å². The van der Waals surface area contributed by atoms with Crippen LogP contribution < -0.4 is 5.73 Å². The van der Waals surface area contributed by atoms with Crippen molar-refractivity contribution in [2.75, 3.05) is 14.1 Å². The van der Waals surface area contributed by atoms with Crippen molar-refractivity contribution in [1.82, 2.24) is 19.3 Å². The van der Waals surface area contributed by atoms with E-state index < -0.39 is 10.0 Å². The largest absolute Gasteiger partial charge is 0.325 e. The SMILES string of the molecule is CCn1nnc(CN)c1-c1ccc(S(=O)(=O)N(C)C)cc1. The Hall–Kier alpha value is -1.77. The van der Waals surface area contributed by atoms with Gasteiger partial charge in [0.15, 0.2) is 0 Å². The molecule has 0 saturated carbocycles. The zero-order chi connectivity index (χ0) is 15.6. The van der Waals surface area contributed by atoms with Crippen molar-refractivity contribution < 1.29 is 8.42 Å². The molecule has 0 bridgehead atoms. The molecule has 0 amide bonds. The fourth-order valence-electron chi connectivity index (χ4n) is 2.02. The van der Waals surface area contributed by atoms with E-state index in [4.69, 9.17) is 5.73 Å². The predicted octanol–water partition coefficient (Wildman–Crippen LogP) is 0.674. The van der Waals surface area contributed by atoms with Crippen molar-refractivity contribution in [1.29, 1.82) is 0 Å². The fourth-order valence-corrected chi connectivity index (χ4v) is 2.92. The van der Waals surface area contributed by atoms with Crippen LogP contribution in [0, 0.1) is 0 Å². The van der Waals surface area contributed by atoms with E-state index in [2.05, 4.69) is 10.3 Å². The van der Waals surface area contributed by atoms with Gasteiger partial charge in [0.25, 0.3) is 0 Å². The average molecular weight is 309 g/mol. The third-order valence-electron chi connectivity index (χ3n) is 3.20. The minimum Gasteiger partial charge on any atom is -0.325 e. The summed E-state index contributed by atoms with van der Waals surface area (Å²) in [4.78, 5) is 0.251. The summed E-state index contributed by atoms with van der Waals surface area (Å²) < 4.78 is 27.0. The lowest BCUT2D eigenvalue weighted by Crippen LogP contribution is -2.22. The number of hydrogen-bond donors (Lipinski definition) is 1. The molecular formula is C13H19N5O2S. The predicted molar refractivity (Wildman–Crippen MR) is 79.9 cm³/mol. The zero-order valence-corrected chi connectivity index (χ0v) is 13.1. The zero-order valence-electron chi connectivity index (χ0n) is 12.3. The van der Waals surface area contributed by atoms with Gasteiger partial charge < -0.3 is 5.73 Å². The van der Waals surface area contributed by atoms with E-state index in [0.29, 0.717) is 12.2 Å². The van der Waals surface area contributed by atoms with Gasteiger partial charge >= 0.3 is 0 Å². The summed E-state index contributed by atoms with van der Waals surface area (Å²) in [5.74, 6) is 0. The fraction of sp³-hybridized carbons (Fsp3) is 0.385. The van der Waals surface area contributed by atoms with Crippen LogP contribution in [0.15, 0.2) is 29.2 Å². The monoisotopic (exact) mass is 309 g/mol. The summed E-state index contributed by atoms with van der Waals surface area (Å²) in [6.45, 7) is 2.91. The van der Waals surface area contributed by atoms with Gasteiger partial charge in [0.1, 0.15) is 5.69 Å². The van der Waals surface area contributed by atoms with E-state index in [1.807, 2.05) is 6.92 Å². The van der Waals surface area contributed by atoms with Crippen LogP contribution in [0.1, 0.15) is 12.6 Å². The topological polar surface area (TPSA) is 94.1 Å². The third kappa shape index (κ3) is 2.82. The number of hydrogen-bond acceptors (Lipinski definition) is 5. The highest BCUT2D eigenvalue weighted by atomic mass is 32.2. The van der Waals surface area contributed by atoms with E-state index in [0.717, 1.165) is 11.3 Å². The molecule has 21 heavy (non-hydrogen) atoms. The molecule has 0 aliphatic heterocycles. The van der Waals surface area contributed by atoms with E-state index in [1.165, 1.54) is 18.4 Å². The van der Waals surface area contributed by atoms with Gasteiger partial charge in [0, 0.05) is 32.7 Å². The first-order chi connectivity index (χ1) is 9.91. The molecule has 1 aromatic carbocycles. The highest BCUT2D eigenvalue weighted by Crippen LogP contribution is 2.24. The maximum absolute atomic E-state index is 12.1. The van der Waals surface area contributed by atoms with Gasteiger partial charge in [-0.1, -0.05) is 17.3 Å². The summed E-state index contributed by atoms with van der Waals surface area (Å²) in [7, 11) is -0.412. The molecule has 2 aromatic rings. The highest BCUT2D eigenvalue weighted by molar-refractivity contribution is 7.89. The Balaban J connectivity index is 2.47. The number of nitrogens with two attached hydrogens (primary N) is 1.